The van der Waals surface area contributed by atoms with E-state index >= 15 is 0 Å². The number of piperazine rings is 1. The number of hydrogen-bond donors (Lipinski definition) is 2. The van der Waals surface area contributed by atoms with Gasteiger partial charge in [-0.25, -0.2) is 0 Å². The van der Waals surface area contributed by atoms with E-state index in [1.807, 2.05) is 19.1 Å². The summed E-state index contributed by atoms with van der Waals surface area (Å²) in [7, 11) is 0. The molecule has 2 N–H and O–H groups in total. The predicted octanol–water partition coefficient (Wildman–Crippen LogP) is 2.74. The van der Waals surface area contributed by atoms with Gasteiger partial charge in [-0.1, -0.05) is 25.7 Å². The third kappa shape index (κ3) is 4.88. The first-order valence-electron chi connectivity index (χ1n) is 9.72. The molecule has 0 bridgehead atoms. The second-order valence-electron chi connectivity index (χ2n) is 7.41. The van der Waals surface area contributed by atoms with E-state index < -0.39 is 0 Å². The quantitative estimate of drug-likeness (QED) is 0.824. The molecule has 0 spiro atoms. The fourth-order valence-electron chi connectivity index (χ4n) is 3.94. The Balaban J connectivity index is 1.48. The van der Waals surface area contributed by atoms with Crippen LogP contribution in [0.4, 0.5) is 5.69 Å². The number of hydrogen-bond acceptors (Lipinski definition) is 4. The van der Waals surface area contributed by atoms with E-state index in [2.05, 4.69) is 15.1 Å². The molecule has 1 saturated heterocycles. The van der Waals surface area contributed by atoms with Gasteiger partial charge >= 0.3 is 0 Å². The maximum Gasteiger partial charge on any atom is 0.237 e. The van der Waals surface area contributed by atoms with Gasteiger partial charge in [0, 0.05) is 37.9 Å². The molecule has 0 aromatic heterocycles. The number of amides is 1. The second kappa shape index (κ2) is 8.56. The largest absolute Gasteiger partial charge is 0.508 e. The Labute approximate surface area is 151 Å². The molecule has 25 heavy (non-hydrogen) atoms. The molecule has 1 aliphatic heterocycles. The normalized spacial score (nSPS) is 21.6. The number of phenols is 1. The summed E-state index contributed by atoms with van der Waals surface area (Å²) in [6, 6.07) is 7.66. The van der Waals surface area contributed by atoms with Crippen molar-refractivity contribution in [3.8, 4) is 5.75 Å². The van der Waals surface area contributed by atoms with Gasteiger partial charge < -0.3 is 15.3 Å². The number of aromatic hydroxyl groups is 1. The molecule has 0 unspecified atom stereocenters. The summed E-state index contributed by atoms with van der Waals surface area (Å²) >= 11 is 0. The van der Waals surface area contributed by atoms with Crippen molar-refractivity contribution in [1.82, 2.24) is 10.2 Å². The number of benzene rings is 1. The molecular weight excluding hydrogens is 314 g/mol. The standard InChI is InChI=1S/C20H31N3O2/c1-16(20(25)21-17-6-4-2-3-5-7-17)22-12-14-23(15-13-22)18-8-10-19(24)11-9-18/h8-11,16-17,24H,2-7,12-15H2,1H3,(H,21,25)/t16-/m1/s1. The van der Waals surface area contributed by atoms with Crippen LogP contribution < -0.4 is 10.2 Å². The SMILES string of the molecule is C[C@H](C(=O)NC1CCCCCC1)N1CCN(c2ccc(O)cc2)CC1. The fraction of sp³-hybridized carbons (Fsp3) is 0.650. The minimum absolute atomic E-state index is 0.0646. The van der Waals surface area contributed by atoms with Crippen LogP contribution in [-0.4, -0.2) is 54.2 Å². The summed E-state index contributed by atoms with van der Waals surface area (Å²) in [6.45, 7) is 5.63. The molecule has 1 aromatic carbocycles. The number of rotatable bonds is 4. The summed E-state index contributed by atoms with van der Waals surface area (Å²) < 4.78 is 0. The van der Waals surface area contributed by atoms with Gasteiger partial charge in [0.25, 0.3) is 0 Å². The molecule has 2 fully saturated rings. The van der Waals surface area contributed by atoms with Crippen molar-refractivity contribution in [3.05, 3.63) is 24.3 Å². The highest BCUT2D eigenvalue weighted by Crippen LogP contribution is 2.21. The molecule has 3 rings (SSSR count). The summed E-state index contributed by atoms with van der Waals surface area (Å²) in [5, 5.41) is 12.7. The third-order valence-electron chi connectivity index (χ3n) is 5.66. The summed E-state index contributed by atoms with van der Waals surface area (Å²) in [4.78, 5) is 17.2. The molecular formula is C20H31N3O2. The van der Waals surface area contributed by atoms with Crippen LogP contribution in [0.2, 0.25) is 0 Å². The van der Waals surface area contributed by atoms with E-state index in [9.17, 15) is 9.90 Å². The molecule has 138 valence electrons. The van der Waals surface area contributed by atoms with Crippen LogP contribution in [0.5, 0.6) is 5.75 Å². The van der Waals surface area contributed by atoms with Crippen LogP contribution in [0.15, 0.2) is 24.3 Å². The summed E-state index contributed by atoms with van der Waals surface area (Å²) in [5.74, 6) is 0.483. The maximum atomic E-state index is 12.6. The average Bonchev–Trinajstić information content (AvgIpc) is 2.90. The lowest BCUT2D eigenvalue weighted by Crippen LogP contribution is -2.55. The van der Waals surface area contributed by atoms with Crippen molar-refractivity contribution < 1.29 is 9.90 Å². The van der Waals surface area contributed by atoms with Gasteiger partial charge in [0.1, 0.15) is 5.75 Å². The molecule has 1 aromatic rings. The van der Waals surface area contributed by atoms with Crippen LogP contribution in [-0.2, 0) is 4.79 Å². The zero-order chi connectivity index (χ0) is 17.6. The molecule has 5 heteroatoms. The number of phenolic OH excluding ortho intramolecular Hbond substituents is 1. The Bertz CT molecular complexity index is 545. The Morgan fingerprint density at radius 1 is 1.04 bits per heavy atom. The van der Waals surface area contributed by atoms with Crippen molar-refractivity contribution in [2.45, 2.75) is 57.5 Å². The van der Waals surface area contributed by atoms with Gasteiger partial charge in [0.15, 0.2) is 0 Å². The van der Waals surface area contributed by atoms with E-state index in [-0.39, 0.29) is 11.9 Å². The molecule has 1 heterocycles. The number of anilines is 1. The number of carbonyl (C=O) groups excluding carboxylic acids is 1. The van der Waals surface area contributed by atoms with Gasteiger partial charge in [0.05, 0.1) is 6.04 Å². The Hall–Kier alpha value is -1.75. The zero-order valence-electron chi connectivity index (χ0n) is 15.3. The highest BCUT2D eigenvalue weighted by molar-refractivity contribution is 5.81. The lowest BCUT2D eigenvalue weighted by Gasteiger charge is -2.38. The molecule has 1 atom stereocenters. The van der Waals surface area contributed by atoms with E-state index in [0.717, 1.165) is 44.7 Å². The van der Waals surface area contributed by atoms with Crippen molar-refractivity contribution >= 4 is 11.6 Å². The van der Waals surface area contributed by atoms with Crippen LogP contribution in [0, 0.1) is 0 Å². The first-order chi connectivity index (χ1) is 12.1. The lowest BCUT2D eigenvalue weighted by molar-refractivity contribution is -0.126. The van der Waals surface area contributed by atoms with E-state index in [4.69, 9.17) is 0 Å². The fourth-order valence-corrected chi connectivity index (χ4v) is 3.94. The van der Waals surface area contributed by atoms with Crippen molar-refractivity contribution in [2.24, 2.45) is 0 Å². The Kier molecular flexibility index (Phi) is 6.19. The molecule has 0 radical (unpaired) electrons. The molecule has 5 nitrogen and oxygen atoms in total. The first kappa shape index (κ1) is 18.1. The Morgan fingerprint density at radius 3 is 2.24 bits per heavy atom. The van der Waals surface area contributed by atoms with E-state index in [1.165, 1.54) is 25.7 Å². The molecule has 2 aliphatic rings. The minimum Gasteiger partial charge on any atom is -0.508 e. The maximum absolute atomic E-state index is 12.6. The molecule has 1 amide bonds. The highest BCUT2D eigenvalue weighted by Gasteiger charge is 2.27. The zero-order valence-corrected chi connectivity index (χ0v) is 15.3. The summed E-state index contributed by atoms with van der Waals surface area (Å²) in [6.07, 6.45) is 7.36. The molecule has 1 aliphatic carbocycles. The van der Waals surface area contributed by atoms with Crippen molar-refractivity contribution in [3.63, 3.8) is 0 Å². The average molecular weight is 345 g/mol. The van der Waals surface area contributed by atoms with Gasteiger partial charge in [-0.3, -0.25) is 9.69 Å². The minimum atomic E-state index is -0.0646. The van der Waals surface area contributed by atoms with Crippen LogP contribution >= 0.6 is 0 Å². The van der Waals surface area contributed by atoms with Gasteiger partial charge in [-0.05, 0) is 44.0 Å². The van der Waals surface area contributed by atoms with Crippen LogP contribution in [0.25, 0.3) is 0 Å². The molecule has 1 saturated carbocycles. The van der Waals surface area contributed by atoms with Gasteiger partial charge in [-0.15, -0.1) is 0 Å². The first-order valence-corrected chi connectivity index (χ1v) is 9.72. The highest BCUT2D eigenvalue weighted by atomic mass is 16.3. The predicted molar refractivity (Wildman–Crippen MR) is 101 cm³/mol. The number of carbonyl (C=O) groups is 1. The van der Waals surface area contributed by atoms with Gasteiger partial charge in [-0.2, -0.15) is 0 Å². The number of nitrogens with one attached hydrogen (secondary N) is 1. The van der Waals surface area contributed by atoms with Gasteiger partial charge in [0.2, 0.25) is 5.91 Å². The van der Waals surface area contributed by atoms with Crippen molar-refractivity contribution in [1.29, 1.82) is 0 Å². The second-order valence-corrected chi connectivity index (χ2v) is 7.41. The topological polar surface area (TPSA) is 55.8 Å². The Morgan fingerprint density at radius 2 is 1.64 bits per heavy atom. The van der Waals surface area contributed by atoms with Crippen LogP contribution in [0.1, 0.15) is 45.4 Å². The van der Waals surface area contributed by atoms with Crippen LogP contribution in [0.3, 0.4) is 0 Å². The lowest BCUT2D eigenvalue weighted by atomic mass is 10.1. The van der Waals surface area contributed by atoms with E-state index in [0.29, 0.717) is 11.8 Å². The number of nitrogens with zero attached hydrogens (tertiary/aromatic N) is 2. The smallest absolute Gasteiger partial charge is 0.237 e. The summed E-state index contributed by atoms with van der Waals surface area (Å²) in [5.41, 5.74) is 1.13. The van der Waals surface area contributed by atoms with Crippen molar-refractivity contribution in [2.75, 3.05) is 31.1 Å². The third-order valence-corrected chi connectivity index (χ3v) is 5.66. The monoisotopic (exact) mass is 345 g/mol. The van der Waals surface area contributed by atoms with E-state index in [1.54, 1.807) is 12.1 Å².